The van der Waals surface area contributed by atoms with E-state index in [1.54, 1.807) is 12.1 Å². The minimum absolute atomic E-state index is 0.0409. The van der Waals surface area contributed by atoms with Gasteiger partial charge < -0.3 is 4.74 Å². The number of benzene rings is 1. The van der Waals surface area contributed by atoms with Crippen LogP contribution in [-0.4, -0.2) is 25.8 Å². The Morgan fingerprint density at radius 1 is 1.53 bits per heavy atom. The Kier molecular flexibility index (Phi) is 4.43. The molecule has 4 nitrogen and oxygen atoms in total. The Morgan fingerprint density at radius 2 is 2.20 bits per heavy atom. The maximum absolute atomic E-state index is 12.5. The van der Waals surface area contributed by atoms with Gasteiger partial charge in [0.1, 0.15) is 12.4 Å². The molecule has 0 atom stereocenters. The second-order valence-corrected chi connectivity index (χ2v) is 2.78. The highest BCUT2D eigenvalue weighted by Crippen LogP contribution is 1.99. The molecule has 80 valence electrons. The highest BCUT2D eigenvalue weighted by Gasteiger charge is 1.95. The molecule has 1 N–H and O–H groups in total. The average molecular weight is 210 g/mol. The molecule has 0 spiro atoms. The molecule has 0 aromatic heterocycles. The maximum atomic E-state index is 12.5. The Hall–Kier alpha value is -1.75. The van der Waals surface area contributed by atoms with Crippen molar-refractivity contribution in [2.45, 2.75) is 0 Å². The molecule has 0 aliphatic heterocycles. The van der Waals surface area contributed by atoms with Crippen molar-refractivity contribution >= 4 is 12.1 Å². The van der Waals surface area contributed by atoms with Gasteiger partial charge in [0.05, 0.1) is 6.21 Å². The Balaban J connectivity index is 2.44. The minimum atomic E-state index is -0.337. The predicted molar refractivity (Wildman–Crippen MR) is 54.0 cm³/mol. The minimum Gasteiger partial charge on any atom is -0.375 e. The summed E-state index contributed by atoms with van der Waals surface area (Å²) in [4.78, 5) is 10.9. The van der Waals surface area contributed by atoms with Crippen LogP contribution in [0.15, 0.2) is 29.4 Å². The largest absolute Gasteiger partial charge is 0.375 e. The van der Waals surface area contributed by atoms with Gasteiger partial charge in [-0.05, 0) is 17.7 Å². The molecular formula is C10H11FN2O2. The summed E-state index contributed by atoms with van der Waals surface area (Å²) >= 11 is 0. The molecule has 1 amide bonds. The van der Waals surface area contributed by atoms with Crippen LogP contribution in [0, 0.1) is 5.82 Å². The molecule has 5 heteroatoms. The van der Waals surface area contributed by atoms with Crippen LogP contribution in [0.5, 0.6) is 0 Å². The second kappa shape index (κ2) is 5.87. The van der Waals surface area contributed by atoms with Gasteiger partial charge in [-0.15, -0.1) is 0 Å². The molecule has 0 saturated heterocycles. The third kappa shape index (κ3) is 4.33. The first-order chi connectivity index (χ1) is 7.22. The van der Waals surface area contributed by atoms with E-state index in [1.165, 1.54) is 25.5 Å². The van der Waals surface area contributed by atoms with E-state index in [0.29, 0.717) is 5.56 Å². The Bertz CT molecular complexity index is 349. The lowest BCUT2D eigenvalue weighted by Crippen LogP contribution is -2.22. The van der Waals surface area contributed by atoms with Crippen molar-refractivity contribution in [1.29, 1.82) is 0 Å². The zero-order valence-corrected chi connectivity index (χ0v) is 8.24. The zero-order valence-electron chi connectivity index (χ0n) is 8.24. The molecular weight excluding hydrogens is 199 g/mol. The monoisotopic (exact) mass is 210 g/mol. The van der Waals surface area contributed by atoms with Gasteiger partial charge in [-0.1, -0.05) is 12.1 Å². The van der Waals surface area contributed by atoms with Crippen molar-refractivity contribution in [3.63, 3.8) is 0 Å². The van der Waals surface area contributed by atoms with Crippen LogP contribution >= 0.6 is 0 Å². The molecule has 0 aliphatic rings. The molecule has 0 fully saturated rings. The maximum Gasteiger partial charge on any atom is 0.266 e. The normalized spacial score (nSPS) is 10.5. The second-order valence-electron chi connectivity index (χ2n) is 2.78. The van der Waals surface area contributed by atoms with Gasteiger partial charge in [0.15, 0.2) is 0 Å². The van der Waals surface area contributed by atoms with Crippen molar-refractivity contribution in [2.75, 3.05) is 13.7 Å². The van der Waals surface area contributed by atoms with Gasteiger partial charge in [0.25, 0.3) is 5.91 Å². The highest BCUT2D eigenvalue weighted by atomic mass is 19.1. The molecule has 0 aliphatic carbocycles. The summed E-state index contributed by atoms with van der Waals surface area (Å²) in [6, 6.07) is 5.75. The molecule has 1 rings (SSSR count). The number of rotatable bonds is 4. The standard InChI is InChI=1S/C10H11FN2O2/c1-15-7-10(14)13-12-6-8-2-4-9(11)5-3-8/h2-6H,7H2,1H3,(H,13,14). The van der Waals surface area contributed by atoms with Crippen molar-refractivity contribution in [3.05, 3.63) is 35.6 Å². The molecule has 15 heavy (non-hydrogen) atoms. The fourth-order valence-corrected chi connectivity index (χ4v) is 0.891. The van der Waals surface area contributed by atoms with E-state index in [1.807, 2.05) is 0 Å². The third-order valence-corrected chi connectivity index (χ3v) is 1.55. The highest BCUT2D eigenvalue weighted by molar-refractivity contribution is 5.82. The molecule has 0 unspecified atom stereocenters. The van der Waals surface area contributed by atoms with E-state index >= 15 is 0 Å². The molecule has 0 radical (unpaired) electrons. The number of halogens is 1. The average Bonchev–Trinajstić information content (AvgIpc) is 2.21. The molecule has 0 saturated carbocycles. The van der Waals surface area contributed by atoms with Crippen molar-refractivity contribution < 1.29 is 13.9 Å². The fraction of sp³-hybridized carbons (Fsp3) is 0.200. The van der Waals surface area contributed by atoms with E-state index < -0.39 is 0 Å². The summed E-state index contributed by atoms with van der Waals surface area (Å²) in [5.74, 6) is -0.647. The van der Waals surface area contributed by atoms with Crippen LogP contribution in [-0.2, 0) is 9.53 Å². The van der Waals surface area contributed by atoms with Gasteiger partial charge in [0, 0.05) is 7.11 Å². The number of amides is 1. The number of nitrogens with zero attached hydrogens (tertiary/aromatic N) is 1. The lowest BCUT2D eigenvalue weighted by molar-refractivity contribution is -0.124. The SMILES string of the molecule is COCC(=O)NN=Cc1ccc(F)cc1. The quantitative estimate of drug-likeness (QED) is 0.593. The first-order valence-electron chi connectivity index (χ1n) is 4.29. The number of hydrazone groups is 1. The number of carbonyl (C=O) groups is 1. The van der Waals surface area contributed by atoms with Gasteiger partial charge >= 0.3 is 0 Å². The van der Waals surface area contributed by atoms with E-state index in [9.17, 15) is 9.18 Å². The molecule has 1 aromatic carbocycles. The summed E-state index contributed by atoms with van der Waals surface area (Å²) in [5.41, 5.74) is 2.96. The number of hydrogen-bond acceptors (Lipinski definition) is 3. The van der Waals surface area contributed by atoms with Gasteiger partial charge in [-0.3, -0.25) is 4.79 Å². The van der Waals surface area contributed by atoms with Crippen LogP contribution in [0.1, 0.15) is 5.56 Å². The van der Waals surface area contributed by atoms with Crippen molar-refractivity contribution in [1.82, 2.24) is 5.43 Å². The number of hydrogen-bond donors (Lipinski definition) is 1. The molecule has 1 aromatic rings. The number of nitrogens with one attached hydrogen (secondary N) is 1. The van der Waals surface area contributed by atoms with Crippen LogP contribution in [0.3, 0.4) is 0 Å². The number of methoxy groups -OCH3 is 1. The summed E-state index contributed by atoms with van der Waals surface area (Å²) < 4.78 is 17.1. The summed E-state index contributed by atoms with van der Waals surface area (Å²) in [6.45, 7) is -0.0409. The van der Waals surface area contributed by atoms with Crippen LogP contribution in [0.2, 0.25) is 0 Å². The lowest BCUT2D eigenvalue weighted by Gasteiger charge is -1.96. The fourth-order valence-electron chi connectivity index (χ4n) is 0.891. The van der Waals surface area contributed by atoms with Crippen LogP contribution in [0.4, 0.5) is 4.39 Å². The lowest BCUT2D eigenvalue weighted by atomic mass is 10.2. The van der Waals surface area contributed by atoms with E-state index in [-0.39, 0.29) is 18.3 Å². The van der Waals surface area contributed by atoms with E-state index in [4.69, 9.17) is 0 Å². The van der Waals surface area contributed by atoms with Gasteiger partial charge in [-0.2, -0.15) is 5.10 Å². The predicted octanol–water partition coefficient (Wildman–Crippen LogP) is 0.922. The number of carbonyl (C=O) groups excluding carboxylic acids is 1. The smallest absolute Gasteiger partial charge is 0.266 e. The van der Waals surface area contributed by atoms with Crippen LogP contribution < -0.4 is 5.43 Å². The summed E-state index contributed by atoms with van der Waals surface area (Å²) in [6.07, 6.45) is 1.42. The number of ether oxygens (including phenoxy) is 1. The first kappa shape index (κ1) is 11.3. The van der Waals surface area contributed by atoms with Gasteiger partial charge in [0.2, 0.25) is 0 Å². The van der Waals surface area contributed by atoms with E-state index in [0.717, 1.165) is 0 Å². The van der Waals surface area contributed by atoms with Gasteiger partial charge in [-0.25, -0.2) is 9.82 Å². The van der Waals surface area contributed by atoms with Crippen LogP contribution in [0.25, 0.3) is 0 Å². The first-order valence-corrected chi connectivity index (χ1v) is 4.29. The third-order valence-electron chi connectivity index (χ3n) is 1.55. The molecule has 0 bridgehead atoms. The molecule has 0 heterocycles. The van der Waals surface area contributed by atoms with E-state index in [2.05, 4.69) is 15.3 Å². The zero-order chi connectivity index (χ0) is 11.1. The van der Waals surface area contributed by atoms with Crippen molar-refractivity contribution in [3.8, 4) is 0 Å². The summed E-state index contributed by atoms with van der Waals surface area (Å²) in [5, 5.41) is 3.66. The summed E-state index contributed by atoms with van der Waals surface area (Å²) in [7, 11) is 1.42. The Morgan fingerprint density at radius 3 is 2.80 bits per heavy atom. The van der Waals surface area contributed by atoms with Crippen molar-refractivity contribution in [2.24, 2.45) is 5.10 Å². The Labute approximate surface area is 86.7 Å². The topological polar surface area (TPSA) is 50.7 Å².